The monoisotopic (exact) mass is 415 g/mol. The summed E-state index contributed by atoms with van der Waals surface area (Å²) < 4.78 is 16.4. The van der Waals surface area contributed by atoms with E-state index in [1.54, 1.807) is 28.9 Å². The molecule has 0 atom stereocenters. The number of anilines is 2. The maximum atomic E-state index is 14.8. The highest BCUT2D eigenvalue weighted by Crippen LogP contribution is 2.27. The zero-order chi connectivity index (χ0) is 21.4. The maximum absolute atomic E-state index is 14.8. The number of pyridine rings is 1. The lowest BCUT2D eigenvalue weighted by Crippen LogP contribution is -1.99. The Bertz CT molecular complexity index is 1450. The summed E-state index contributed by atoms with van der Waals surface area (Å²) in [5.74, 6) is -0.0196. The van der Waals surface area contributed by atoms with Crippen LogP contribution in [0.15, 0.2) is 67.4 Å². The van der Waals surface area contributed by atoms with Crippen LogP contribution in [-0.2, 0) is 6.42 Å². The van der Waals surface area contributed by atoms with Crippen molar-refractivity contribution in [1.29, 1.82) is 0 Å². The number of hydrogen-bond donors (Lipinski definition) is 1. The first kappa shape index (κ1) is 18.6. The Morgan fingerprint density at radius 1 is 1.03 bits per heavy atom. The van der Waals surface area contributed by atoms with Gasteiger partial charge in [-0.15, -0.1) is 0 Å². The van der Waals surface area contributed by atoms with Gasteiger partial charge in [-0.3, -0.25) is 10.1 Å². The largest absolute Gasteiger partial charge is 0.340 e. The van der Waals surface area contributed by atoms with E-state index in [2.05, 4.69) is 25.4 Å². The molecule has 152 valence electrons. The molecule has 0 bridgehead atoms. The molecule has 3 aromatic heterocycles. The number of rotatable bonds is 5. The third-order valence-corrected chi connectivity index (χ3v) is 4.89. The molecule has 10 heteroatoms. The van der Waals surface area contributed by atoms with Crippen molar-refractivity contribution in [2.24, 2.45) is 0 Å². The van der Waals surface area contributed by atoms with E-state index in [9.17, 15) is 14.5 Å². The van der Waals surface area contributed by atoms with Crippen LogP contribution in [0.3, 0.4) is 0 Å². The number of aromatic nitrogens is 5. The van der Waals surface area contributed by atoms with Gasteiger partial charge in [0.2, 0.25) is 0 Å². The number of halogens is 1. The Hall–Kier alpha value is -4.47. The van der Waals surface area contributed by atoms with Crippen LogP contribution in [0.2, 0.25) is 0 Å². The van der Waals surface area contributed by atoms with Crippen molar-refractivity contribution in [3.8, 4) is 0 Å². The molecule has 0 amide bonds. The van der Waals surface area contributed by atoms with Crippen LogP contribution in [0.1, 0.15) is 11.1 Å². The molecule has 0 unspecified atom stereocenters. The number of non-ortho nitro benzene ring substituents is 1. The summed E-state index contributed by atoms with van der Waals surface area (Å²) in [7, 11) is 0. The van der Waals surface area contributed by atoms with E-state index in [1.807, 2.05) is 12.1 Å². The third-order valence-electron chi connectivity index (χ3n) is 4.89. The fourth-order valence-corrected chi connectivity index (χ4v) is 3.35. The highest BCUT2D eigenvalue weighted by Gasteiger charge is 2.12. The first-order valence-electron chi connectivity index (χ1n) is 9.30. The highest BCUT2D eigenvalue weighted by molar-refractivity contribution is 5.92. The van der Waals surface area contributed by atoms with Gasteiger partial charge in [0.15, 0.2) is 5.65 Å². The van der Waals surface area contributed by atoms with Gasteiger partial charge < -0.3 is 5.32 Å². The van der Waals surface area contributed by atoms with Crippen LogP contribution in [-0.4, -0.2) is 29.5 Å². The number of nitrogens with one attached hydrogen (secondary N) is 1. The number of benzene rings is 2. The first-order valence-corrected chi connectivity index (χ1v) is 9.30. The average Bonchev–Trinajstić information content (AvgIpc) is 3.23. The minimum atomic E-state index is -0.485. The Balaban J connectivity index is 1.42. The normalized spacial score (nSPS) is 11.1. The Kier molecular flexibility index (Phi) is 4.43. The number of nitro groups is 1. The molecule has 0 aliphatic rings. The van der Waals surface area contributed by atoms with Crippen molar-refractivity contribution in [3.05, 3.63) is 94.4 Å². The number of nitrogens with zero attached hydrogens (tertiary/aromatic N) is 6. The fraction of sp³-hybridized carbons (Fsp3) is 0.0476. The molecular formula is C21H14FN7O2. The zero-order valence-corrected chi connectivity index (χ0v) is 15.9. The summed E-state index contributed by atoms with van der Waals surface area (Å²) in [6.07, 6.45) is 5.00. The lowest BCUT2D eigenvalue weighted by atomic mass is 10.0. The van der Waals surface area contributed by atoms with Crippen molar-refractivity contribution >= 4 is 33.7 Å². The molecule has 0 aliphatic carbocycles. The van der Waals surface area contributed by atoms with Crippen LogP contribution in [0, 0.1) is 15.9 Å². The SMILES string of the molecule is O=[N+]([O-])c1ccc2ncnc(Nc3ccc(Cc4ccn5ncnc5c4)c(F)c3)c2c1. The molecule has 0 fully saturated rings. The van der Waals surface area contributed by atoms with Gasteiger partial charge in [0, 0.05) is 35.8 Å². The zero-order valence-electron chi connectivity index (χ0n) is 15.9. The van der Waals surface area contributed by atoms with Crippen molar-refractivity contribution in [2.75, 3.05) is 5.32 Å². The minimum Gasteiger partial charge on any atom is -0.340 e. The molecule has 5 aromatic rings. The second-order valence-electron chi connectivity index (χ2n) is 6.89. The molecule has 5 rings (SSSR count). The lowest BCUT2D eigenvalue weighted by molar-refractivity contribution is -0.384. The standard InChI is InChI=1S/C21H14FN7O2/c22-18-9-15(2-1-14(18)7-13-5-6-28-20(8-13)24-12-26-28)27-21-17-10-16(29(30)31)3-4-19(17)23-11-25-21/h1-6,8-12H,7H2,(H,23,25,27). The van der Waals surface area contributed by atoms with Crippen molar-refractivity contribution in [2.45, 2.75) is 6.42 Å². The van der Waals surface area contributed by atoms with Crippen molar-refractivity contribution in [3.63, 3.8) is 0 Å². The van der Waals surface area contributed by atoms with Gasteiger partial charge in [-0.1, -0.05) is 6.07 Å². The number of hydrogen-bond acceptors (Lipinski definition) is 7. The first-order chi connectivity index (χ1) is 15.1. The molecule has 0 spiro atoms. The van der Waals surface area contributed by atoms with E-state index in [1.165, 1.54) is 30.9 Å². The molecule has 2 aromatic carbocycles. The highest BCUT2D eigenvalue weighted by atomic mass is 19.1. The van der Waals surface area contributed by atoms with E-state index in [0.29, 0.717) is 40.0 Å². The predicted molar refractivity (Wildman–Crippen MR) is 112 cm³/mol. The van der Waals surface area contributed by atoms with Crippen LogP contribution in [0.5, 0.6) is 0 Å². The van der Waals surface area contributed by atoms with E-state index in [4.69, 9.17) is 0 Å². The topological polar surface area (TPSA) is 111 Å². The van der Waals surface area contributed by atoms with Gasteiger partial charge >= 0.3 is 0 Å². The maximum Gasteiger partial charge on any atom is 0.270 e. The van der Waals surface area contributed by atoms with Crippen molar-refractivity contribution in [1.82, 2.24) is 24.6 Å². The molecule has 0 radical (unpaired) electrons. The molecule has 3 heterocycles. The molecule has 31 heavy (non-hydrogen) atoms. The Labute approximate surface area is 174 Å². The molecule has 1 N–H and O–H groups in total. The van der Waals surface area contributed by atoms with Crippen LogP contribution in [0.4, 0.5) is 21.6 Å². The van der Waals surface area contributed by atoms with Gasteiger partial charge in [0.05, 0.1) is 10.4 Å². The summed E-state index contributed by atoms with van der Waals surface area (Å²) in [4.78, 5) is 23.0. The van der Waals surface area contributed by atoms with Gasteiger partial charge in [-0.2, -0.15) is 5.10 Å². The fourth-order valence-electron chi connectivity index (χ4n) is 3.35. The molecule has 0 aliphatic heterocycles. The summed E-state index contributed by atoms with van der Waals surface area (Å²) in [5.41, 5.74) is 3.08. The Morgan fingerprint density at radius 2 is 1.94 bits per heavy atom. The second kappa shape index (κ2) is 7.41. The second-order valence-corrected chi connectivity index (χ2v) is 6.89. The Morgan fingerprint density at radius 3 is 2.77 bits per heavy atom. The van der Waals surface area contributed by atoms with E-state index < -0.39 is 4.92 Å². The smallest absolute Gasteiger partial charge is 0.270 e. The number of fused-ring (bicyclic) bond motifs is 2. The quantitative estimate of drug-likeness (QED) is 0.340. The molecule has 0 saturated carbocycles. The van der Waals surface area contributed by atoms with Gasteiger partial charge in [0.1, 0.15) is 24.3 Å². The summed E-state index contributed by atoms with van der Waals surface area (Å²) in [6, 6.07) is 12.8. The van der Waals surface area contributed by atoms with Crippen LogP contribution in [0.25, 0.3) is 16.6 Å². The third kappa shape index (κ3) is 3.62. The molecule has 0 saturated heterocycles. The molecular weight excluding hydrogens is 401 g/mol. The van der Waals surface area contributed by atoms with Crippen LogP contribution < -0.4 is 5.32 Å². The predicted octanol–water partition coefficient (Wildman–Crippen LogP) is 4.05. The van der Waals surface area contributed by atoms with Crippen molar-refractivity contribution < 1.29 is 9.31 Å². The lowest BCUT2D eigenvalue weighted by Gasteiger charge is -2.10. The van der Waals surface area contributed by atoms with Gasteiger partial charge in [-0.05, 0) is 41.5 Å². The summed E-state index contributed by atoms with van der Waals surface area (Å²) in [6.45, 7) is 0. The minimum absolute atomic E-state index is 0.0727. The van der Waals surface area contributed by atoms with E-state index in [-0.39, 0.29) is 11.5 Å². The van der Waals surface area contributed by atoms with Gasteiger partial charge in [-0.25, -0.2) is 23.9 Å². The van der Waals surface area contributed by atoms with E-state index in [0.717, 1.165) is 5.56 Å². The summed E-state index contributed by atoms with van der Waals surface area (Å²) in [5, 5.41) is 18.6. The van der Waals surface area contributed by atoms with Crippen LogP contribution >= 0.6 is 0 Å². The number of nitro benzene ring substituents is 1. The summed E-state index contributed by atoms with van der Waals surface area (Å²) >= 11 is 0. The average molecular weight is 415 g/mol. The molecule has 9 nitrogen and oxygen atoms in total. The van der Waals surface area contributed by atoms with E-state index >= 15 is 0 Å². The van der Waals surface area contributed by atoms with Gasteiger partial charge in [0.25, 0.3) is 5.69 Å².